The summed E-state index contributed by atoms with van der Waals surface area (Å²) in [5.74, 6) is 0.468. The first-order valence-electron chi connectivity index (χ1n) is 7.72. The quantitative estimate of drug-likeness (QED) is 0.924. The molecule has 3 atom stereocenters. The fourth-order valence-electron chi connectivity index (χ4n) is 3.20. The zero-order chi connectivity index (χ0) is 15.0. The molecule has 3 rings (SSSR count). The molecule has 1 saturated carbocycles. The van der Waals surface area contributed by atoms with E-state index >= 15 is 0 Å². The zero-order valence-corrected chi connectivity index (χ0v) is 12.6. The maximum atomic E-state index is 12.8. The van der Waals surface area contributed by atoms with Crippen LogP contribution in [0.1, 0.15) is 44.6 Å². The minimum absolute atomic E-state index is 0.0212. The molecule has 1 saturated heterocycles. The number of amides is 2. The van der Waals surface area contributed by atoms with E-state index in [4.69, 9.17) is 0 Å². The molecule has 0 aromatic heterocycles. The van der Waals surface area contributed by atoms with Gasteiger partial charge in [0.2, 0.25) is 11.8 Å². The lowest BCUT2D eigenvalue weighted by Gasteiger charge is -2.31. The standard InChI is InChI=1S/C17H22N2O2/c1-3-17(2)16(21)19(10-9-15(20)18-17)14-11-13(14)12-7-5-4-6-8-12/h4-8,13-14H,3,9-11H2,1-2H3,(H,18,20). The summed E-state index contributed by atoms with van der Waals surface area (Å²) in [5, 5.41) is 2.89. The first-order valence-corrected chi connectivity index (χ1v) is 7.72. The molecule has 1 N–H and O–H groups in total. The first-order chi connectivity index (χ1) is 10.0. The lowest BCUT2D eigenvalue weighted by molar-refractivity contribution is -0.138. The van der Waals surface area contributed by atoms with Gasteiger partial charge in [-0.25, -0.2) is 0 Å². The third-order valence-corrected chi connectivity index (χ3v) is 4.82. The van der Waals surface area contributed by atoms with E-state index in [1.54, 1.807) is 0 Å². The smallest absolute Gasteiger partial charge is 0.248 e. The van der Waals surface area contributed by atoms with Crippen LogP contribution in [0.5, 0.6) is 0 Å². The van der Waals surface area contributed by atoms with Crippen LogP contribution in [0.15, 0.2) is 30.3 Å². The van der Waals surface area contributed by atoms with Gasteiger partial charge in [0.15, 0.2) is 0 Å². The molecule has 3 unspecified atom stereocenters. The summed E-state index contributed by atoms with van der Waals surface area (Å²) < 4.78 is 0. The maximum absolute atomic E-state index is 12.8. The molecule has 2 fully saturated rings. The van der Waals surface area contributed by atoms with E-state index in [0.29, 0.717) is 25.3 Å². The van der Waals surface area contributed by atoms with E-state index in [0.717, 1.165) is 6.42 Å². The first kappa shape index (κ1) is 14.1. The predicted octanol–water partition coefficient (Wildman–Crippen LogP) is 2.06. The summed E-state index contributed by atoms with van der Waals surface area (Å²) in [4.78, 5) is 26.6. The molecular weight excluding hydrogens is 264 g/mol. The van der Waals surface area contributed by atoms with Crippen LogP contribution in [0.4, 0.5) is 0 Å². The van der Waals surface area contributed by atoms with Crippen LogP contribution in [0.2, 0.25) is 0 Å². The van der Waals surface area contributed by atoms with Crippen molar-refractivity contribution in [2.75, 3.05) is 6.54 Å². The van der Waals surface area contributed by atoms with Gasteiger partial charge in [-0.05, 0) is 25.3 Å². The van der Waals surface area contributed by atoms with Gasteiger partial charge in [-0.2, -0.15) is 0 Å². The average molecular weight is 286 g/mol. The van der Waals surface area contributed by atoms with Crippen LogP contribution in [-0.2, 0) is 9.59 Å². The van der Waals surface area contributed by atoms with Crippen molar-refractivity contribution >= 4 is 11.8 Å². The second-order valence-corrected chi connectivity index (χ2v) is 6.30. The Hall–Kier alpha value is -1.84. The van der Waals surface area contributed by atoms with Gasteiger partial charge in [0.05, 0.1) is 0 Å². The van der Waals surface area contributed by atoms with E-state index in [-0.39, 0.29) is 17.9 Å². The molecule has 21 heavy (non-hydrogen) atoms. The molecule has 1 aliphatic heterocycles. The SMILES string of the molecule is CCC1(C)NC(=O)CCN(C2CC2c2ccccc2)C1=O. The summed E-state index contributed by atoms with van der Waals surface area (Å²) in [6, 6.07) is 10.6. The van der Waals surface area contributed by atoms with Gasteiger partial charge in [-0.3, -0.25) is 9.59 Å². The summed E-state index contributed by atoms with van der Waals surface area (Å²) in [5.41, 5.74) is 0.536. The molecule has 0 spiro atoms. The van der Waals surface area contributed by atoms with E-state index < -0.39 is 5.54 Å². The molecule has 2 aliphatic rings. The molecule has 1 aromatic carbocycles. The van der Waals surface area contributed by atoms with Crippen molar-refractivity contribution in [1.29, 1.82) is 0 Å². The highest BCUT2D eigenvalue weighted by atomic mass is 16.2. The molecule has 1 aromatic rings. The van der Waals surface area contributed by atoms with Gasteiger partial charge < -0.3 is 10.2 Å². The summed E-state index contributed by atoms with van der Waals surface area (Å²) in [6.07, 6.45) is 2.03. The monoisotopic (exact) mass is 286 g/mol. The van der Waals surface area contributed by atoms with Gasteiger partial charge >= 0.3 is 0 Å². The molecule has 4 heteroatoms. The van der Waals surface area contributed by atoms with Crippen molar-refractivity contribution in [3.05, 3.63) is 35.9 Å². The number of nitrogens with one attached hydrogen (secondary N) is 1. The van der Waals surface area contributed by atoms with Gasteiger partial charge in [0.25, 0.3) is 0 Å². The molecular formula is C17H22N2O2. The third-order valence-electron chi connectivity index (χ3n) is 4.82. The fourth-order valence-corrected chi connectivity index (χ4v) is 3.20. The number of carbonyl (C=O) groups is 2. The number of nitrogens with zero attached hydrogens (tertiary/aromatic N) is 1. The van der Waals surface area contributed by atoms with E-state index in [1.165, 1.54) is 5.56 Å². The number of hydrogen-bond donors (Lipinski definition) is 1. The number of hydrogen-bond acceptors (Lipinski definition) is 2. The molecule has 4 nitrogen and oxygen atoms in total. The van der Waals surface area contributed by atoms with Crippen LogP contribution in [-0.4, -0.2) is 34.8 Å². The van der Waals surface area contributed by atoms with Crippen molar-refractivity contribution < 1.29 is 9.59 Å². The van der Waals surface area contributed by atoms with Crippen molar-refractivity contribution in [3.8, 4) is 0 Å². The Bertz CT molecular complexity index is 557. The summed E-state index contributed by atoms with van der Waals surface area (Å²) >= 11 is 0. The van der Waals surface area contributed by atoms with Crippen LogP contribution in [0.3, 0.4) is 0 Å². The van der Waals surface area contributed by atoms with E-state index in [2.05, 4.69) is 17.4 Å². The molecule has 1 aliphatic carbocycles. The highest BCUT2D eigenvalue weighted by Crippen LogP contribution is 2.45. The Morgan fingerprint density at radius 1 is 1.29 bits per heavy atom. The van der Waals surface area contributed by atoms with Gasteiger partial charge in [-0.1, -0.05) is 37.3 Å². The Morgan fingerprint density at radius 2 is 2.00 bits per heavy atom. The normalized spacial score (nSPS) is 32.6. The summed E-state index contributed by atoms with van der Waals surface area (Å²) in [6.45, 7) is 4.32. The Kier molecular flexibility index (Phi) is 3.47. The van der Waals surface area contributed by atoms with Crippen molar-refractivity contribution in [1.82, 2.24) is 10.2 Å². The number of benzene rings is 1. The fraction of sp³-hybridized carbons (Fsp3) is 0.529. The van der Waals surface area contributed by atoms with Crippen molar-refractivity contribution in [2.24, 2.45) is 0 Å². The second kappa shape index (κ2) is 5.17. The lowest BCUT2D eigenvalue weighted by atomic mass is 9.97. The largest absolute Gasteiger partial charge is 0.342 e. The van der Waals surface area contributed by atoms with Gasteiger partial charge in [-0.15, -0.1) is 0 Å². The molecule has 0 bridgehead atoms. The third kappa shape index (κ3) is 2.55. The second-order valence-electron chi connectivity index (χ2n) is 6.30. The highest BCUT2D eigenvalue weighted by molar-refractivity contribution is 5.93. The topological polar surface area (TPSA) is 49.4 Å². The lowest BCUT2D eigenvalue weighted by Crippen LogP contribution is -2.55. The Balaban J connectivity index is 1.79. The molecule has 1 heterocycles. The Labute approximate surface area is 125 Å². The summed E-state index contributed by atoms with van der Waals surface area (Å²) in [7, 11) is 0. The average Bonchev–Trinajstić information content (AvgIpc) is 3.28. The van der Waals surface area contributed by atoms with Crippen LogP contribution >= 0.6 is 0 Å². The molecule has 2 amide bonds. The van der Waals surface area contributed by atoms with Crippen molar-refractivity contribution in [3.63, 3.8) is 0 Å². The number of rotatable bonds is 3. The Morgan fingerprint density at radius 3 is 2.67 bits per heavy atom. The van der Waals surface area contributed by atoms with Crippen LogP contribution < -0.4 is 5.32 Å². The zero-order valence-electron chi connectivity index (χ0n) is 12.6. The minimum Gasteiger partial charge on any atom is -0.342 e. The molecule has 0 radical (unpaired) electrons. The predicted molar refractivity (Wildman–Crippen MR) is 80.8 cm³/mol. The van der Waals surface area contributed by atoms with E-state index in [9.17, 15) is 9.59 Å². The van der Waals surface area contributed by atoms with Gasteiger partial charge in [0.1, 0.15) is 5.54 Å². The number of carbonyl (C=O) groups excluding carboxylic acids is 2. The van der Waals surface area contributed by atoms with Crippen LogP contribution in [0.25, 0.3) is 0 Å². The maximum Gasteiger partial charge on any atom is 0.248 e. The minimum atomic E-state index is -0.753. The van der Waals surface area contributed by atoms with Crippen LogP contribution in [0, 0.1) is 0 Å². The van der Waals surface area contributed by atoms with Gasteiger partial charge in [0, 0.05) is 24.9 Å². The highest BCUT2D eigenvalue weighted by Gasteiger charge is 2.49. The van der Waals surface area contributed by atoms with Crippen molar-refractivity contribution in [2.45, 2.75) is 50.6 Å². The molecule has 112 valence electrons. The van der Waals surface area contributed by atoms with E-state index in [1.807, 2.05) is 36.9 Å².